The van der Waals surface area contributed by atoms with Gasteiger partial charge in [-0.2, -0.15) is 0 Å². The third-order valence-corrected chi connectivity index (χ3v) is 1.53. The van der Waals surface area contributed by atoms with Crippen LogP contribution in [0.25, 0.3) is 0 Å². The molecule has 4 heteroatoms. The molecule has 0 fully saturated rings. The monoisotopic (exact) mass is 160 g/mol. The van der Waals surface area contributed by atoms with Crippen LogP contribution in [0.5, 0.6) is 0 Å². The predicted octanol–water partition coefficient (Wildman–Crippen LogP) is -0.922. The van der Waals surface area contributed by atoms with Crippen molar-refractivity contribution in [1.82, 2.24) is 5.32 Å². The number of hydrogen-bond donors (Lipinski definition) is 3. The molecular weight excluding hydrogens is 144 g/mol. The molecule has 0 saturated heterocycles. The molecule has 0 aromatic carbocycles. The van der Waals surface area contributed by atoms with Crippen molar-refractivity contribution in [2.45, 2.75) is 19.9 Å². The summed E-state index contributed by atoms with van der Waals surface area (Å²) < 4.78 is 0. The molecule has 1 unspecified atom stereocenters. The van der Waals surface area contributed by atoms with Gasteiger partial charge in [0.25, 0.3) is 0 Å². The summed E-state index contributed by atoms with van der Waals surface area (Å²) in [6.07, 6.45) is 0. The first kappa shape index (κ1) is 10.4. The lowest BCUT2D eigenvalue weighted by atomic mass is 10.1. The van der Waals surface area contributed by atoms with E-state index in [0.29, 0.717) is 0 Å². The highest BCUT2D eigenvalue weighted by Gasteiger charge is 2.13. The van der Waals surface area contributed by atoms with E-state index in [1.807, 2.05) is 13.8 Å². The molecule has 0 aliphatic heterocycles. The molecule has 0 aromatic rings. The quantitative estimate of drug-likeness (QED) is 0.498. The average molecular weight is 160 g/mol. The van der Waals surface area contributed by atoms with E-state index in [-0.39, 0.29) is 31.0 Å². The van der Waals surface area contributed by atoms with E-state index < -0.39 is 0 Å². The molecule has 0 aliphatic rings. The lowest BCUT2D eigenvalue weighted by Gasteiger charge is -2.19. The van der Waals surface area contributed by atoms with Crippen LogP contribution < -0.4 is 11.1 Å². The molecule has 4 nitrogen and oxygen atoms in total. The normalized spacial score (nSPS) is 13.2. The second-order valence-corrected chi connectivity index (χ2v) is 2.80. The van der Waals surface area contributed by atoms with E-state index in [1.165, 1.54) is 0 Å². The zero-order valence-corrected chi connectivity index (χ0v) is 7.00. The molecule has 0 aliphatic carbocycles. The Morgan fingerprint density at radius 1 is 1.64 bits per heavy atom. The second kappa shape index (κ2) is 5.09. The largest absolute Gasteiger partial charge is 0.394 e. The van der Waals surface area contributed by atoms with Crippen LogP contribution in [0.1, 0.15) is 13.8 Å². The highest BCUT2D eigenvalue weighted by molar-refractivity contribution is 5.78. The molecule has 0 saturated carbocycles. The van der Waals surface area contributed by atoms with Crippen LogP contribution in [0.2, 0.25) is 0 Å². The SMILES string of the molecule is CC(C)C(CO)NC(=O)CN. The Hall–Kier alpha value is -0.610. The van der Waals surface area contributed by atoms with Crippen LogP contribution in [0.4, 0.5) is 0 Å². The number of aliphatic hydroxyl groups is 1. The zero-order chi connectivity index (χ0) is 8.85. The average Bonchev–Trinajstić information content (AvgIpc) is 1.99. The molecule has 0 radical (unpaired) electrons. The third-order valence-electron chi connectivity index (χ3n) is 1.53. The van der Waals surface area contributed by atoms with Gasteiger partial charge in [0.15, 0.2) is 0 Å². The van der Waals surface area contributed by atoms with Gasteiger partial charge in [0.05, 0.1) is 19.2 Å². The minimum atomic E-state index is -0.224. The van der Waals surface area contributed by atoms with Gasteiger partial charge < -0.3 is 16.2 Å². The summed E-state index contributed by atoms with van der Waals surface area (Å²) in [6, 6.07) is -0.175. The number of amides is 1. The van der Waals surface area contributed by atoms with Crippen molar-refractivity contribution in [3.63, 3.8) is 0 Å². The Morgan fingerprint density at radius 2 is 2.18 bits per heavy atom. The molecule has 4 N–H and O–H groups in total. The predicted molar refractivity (Wildman–Crippen MR) is 42.9 cm³/mol. The lowest BCUT2D eigenvalue weighted by molar-refractivity contribution is -0.121. The molecule has 1 amide bonds. The molecular formula is C7H16N2O2. The van der Waals surface area contributed by atoms with Gasteiger partial charge in [0.2, 0.25) is 5.91 Å². The Balaban J connectivity index is 3.78. The molecule has 1 atom stereocenters. The Kier molecular flexibility index (Phi) is 4.81. The minimum absolute atomic E-state index is 0.0246. The first-order valence-corrected chi connectivity index (χ1v) is 3.72. The number of nitrogens with two attached hydrogens (primary N) is 1. The van der Waals surface area contributed by atoms with E-state index >= 15 is 0 Å². The van der Waals surface area contributed by atoms with Crippen molar-refractivity contribution in [3.05, 3.63) is 0 Å². The number of aliphatic hydroxyl groups excluding tert-OH is 1. The van der Waals surface area contributed by atoms with Gasteiger partial charge in [-0.3, -0.25) is 4.79 Å². The Morgan fingerprint density at radius 3 is 2.45 bits per heavy atom. The fourth-order valence-corrected chi connectivity index (χ4v) is 0.689. The Labute approximate surface area is 66.8 Å². The summed E-state index contributed by atoms with van der Waals surface area (Å²) in [5.41, 5.74) is 5.08. The zero-order valence-electron chi connectivity index (χ0n) is 7.00. The van der Waals surface area contributed by atoms with Crippen LogP contribution >= 0.6 is 0 Å². The standard InChI is InChI=1S/C7H16N2O2/c1-5(2)6(4-10)9-7(11)3-8/h5-6,10H,3-4,8H2,1-2H3,(H,9,11). The number of rotatable bonds is 4. The van der Waals surface area contributed by atoms with Crippen molar-refractivity contribution < 1.29 is 9.90 Å². The number of nitrogens with one attached hydrogen (secondary N) is 1. The lowest BCUT2D eigenvalue weighted by Crippen LogP contribution is -2.43. The highest BCUT2D eigenvalue weighted by atomic mass is 16.3. The van der Waals surface area contributed by atoms with Crippen molar-refractivity contribution >= 4 is 5.91 Å². The molecule has 0 spiro atoms. The van der Waals surface area contributed by atoms with Crippen LogP contribution in [-0.2, 0) is 4.79 Å². The van der Waals surface area contributed by atoms with Crippen molar-refractivity contribution in [1.29, 1.82) is 0 Å². The van der Waals surface area contributed by atoms with Crippen molar-refractivity contribution in [2.24, 2.45) is 11.7 Å². The molecule has 11 heavy (non-hydrogen) atoms. The molecule has 0 heterocycles. The third kappa shape index (κ3) is 3.95. The van der Waals surface area contributed by atoms with Gasteiger partial charge in [-0.1, -0.05) is 13.8 Å². The number of carbonyl (C=O) groups is 1. The van der Waals surface area contributed by atoms with Crippen LogP contribution in [0.15, 0.2) is 0 Å². The summed E-state index contributed by atoms with van der Waals surface area (Å²) in [5, 5.41) is 11.4. The maximum absolute atomic E-state index is 10.7. The van der Waals surface area contributed by atoms with Crippen LogP contribution in [0.3, 0.4) is 0 Å². The minimum Gasteiger partial charge on any atom is -0.394 e. The van der Waals surface area contributed by atoms with Crippen LogP contribution in [-0.4, -0.2) is 30.2 Å². The van der Waals surface area contributed by atoms with Crippen LogP contribution in [0, 0.1) is 5.92 Å². The molecule has 0 rings (SSSR count). The maximum atomic E-state index is 10.7. The van der Waals surface area contributed by atoms with Gasteiger partial charge in [0, 0.05) is 0 Å². The van der Waals surface area contributed by atoms with E-state index in [0.717, 1.165) is 0 Å². The van der Waals surface area contributed by atoms with E-state index in [9.17, 15) is 4.79 Å². The number of hydrogen-bond acceptors (Lipinski definition) is 3. The second-order valence-electron chi connectivity index (χ2n) is 2.80. The maximum Gasteiger partial charge on any atom is 0.234 e. The summed E-state index contributed by atoms with van der Waals surface area (Å²) in [6.45, 7) is 3.79. The molecule has 66 valence electrons. The van der Waals surface area contributed by atoms with E-state index in [1.54, 1.807) is 0 Å². The van der Waals surface area contributed by atoms with Crippen molar-refractivity contribution in [2.75, 3.05) is 13.2 Å². The highest BCUT2D eigenvalue weighted by Crippen LogP contribution is 1.99. The van der Waals surface area contributed by atoms with Gasteiger partial charge in [0.1, 0.15) is 0 Å². The molecule has 0 bridgehead atoms. The molecule has 0 aromatic heterocycles. The van der Waals surface area contributed by atoms with Gasteiger partial charge in [-0.25, -0.2) is 0 Å². The first-order chi connectivity index (χ1) is 5.11. The van der Waals surface area contributed by atoms with Gasteiger partial charge in [-0.15, -0.1) is 0 Å². The summed E-state index contributed by atoms with van der Waals surface area (Å²) in [7, 11) is 0. The summed E-state index contributed by atoms with van der Waals surface area (Å²) in [5.74, 6) is 0.00764. The summed E-state index contributed by atoms with van der Waals surface area (Å²) in [4.78, 5) is 10.7. The fourth-order valence-electron chi connectivity index (χ4n) is 0.689. The van der Waals surface area contributed by atoms with Crippen molar-refractivity contribution in [3.8, 4) is 0 Å². The van der Waals surface area contributed by atoms with Gasteiger partial charge >= 0.3 is 0 Å². The van der Waals surface area contributed by atoms with E-state index in [2.05, 4.69) is 5.32 Å². The van der Waals surface area contributed by atoms with Gasteiger partial charge in [-0.05, 0) is 5.92 Å². The fraction of sp³-hybridized carbons (Fsp3) is 0.857. The Bertz CT molecular complexity index is 126. The first-order valence-electron chi connectivity index (χ1n) is 3.72. The topological polar surface area (TPSA) is 75.3 Å². The smallest absolute Gasteiger partial charge is 0.234 e. The van der Waals surface area contributed by atoms with E-state index in [4.69, 9.17) is 10.8 Å². The number of carbonyl (C=O) groups excluding carboxylic acids is 1. The summed E-state index contributed by atoms with van der Waals surface area (Å²) >= 11 is 0.